The normalized spacial score (nSPS) is 16.2. The van der Waals surface area contributed by atoms with Crippen molar-refractivity contribution in [1.29, 1.82) is 0 Å². The first kappa shape index (κ1) is 42.7. The van der Waals surface area contributed by atoms with Gasteiger partial charge in [0.1, 0.15) is 33.6 Å². The molecule has 16 heteroatoms. The number of benzene rings is 5. The van der Waals surface area contributed by atoms with E-state index in [9.17, 15) is 14.4 Å². The van der Waals surface area contributed by atoms with Gasteiger partial charge in [0.25, 0.3) is 11.8 Å². The van der Waals surface area contributed by atoms with Crippen molar-refractivity contribution in [2.24, 2.45) is 5.16 Å². The number of aromatic nitrogens is 3. The Morgan fingerprint density at radius 1 is 0.844 bits per heavy atom. The molecule has 5 aromatic carbocycles. The fourth-order valence-corrected chi connectivity index (χ4v) is 11.4. The smallest absolute Gasteiger partial charge is 0.356 e. The number of esters is 1. The van der Waals surface area contributed by atoms with E-state index in [1.807, 2.05) is 159 Å². The van der Waals surface area contributed by atoms with Crippen LogP contribution in [-0.4, -0.2) is 59.9 Å². The van der Waals surface area contributed by atoms with Crippen LogP contribution >= 0.6 is 46.4 Å². The summed E-state index contributed by atoms with van der Waals surface area (Å²) in [6.07, 6.45) is -0.751. The average molecular weight is 922 g/mol. The zero-order valence-electron chi connectivity index (χ0n) is 34.1. The van der Waals surface area contributed by atoms with Crippen LogP contribution in [0.4, 0.5) is 5.13 Å². The number of anilines is 1. The maximum atomic E-state index is 14.6. The van der Waals surface area contributed by atoms with Gasteiger partial charge in [0.2, 0.25) is 5.60 Å². The van der Waals surface area contributed by atoms with E-state index in [4.69, 9.17) is 15.3 Å². The number of carbonyl (C=O) groups excluding carboxylic acids is 3. The number of carbonyl (C=O) groups is 3. The number of hydrogen-bond donors (Lipinski definition) is 2. The van der Waals surface area contributed by atoms with E-state index in [0.717, 1.165) is 44.2 Å². The molecule has 0 bridgehead atoms. The zero-order valence-corrected chi connectivity index (χ0v) is 37.4. The van der Waals surface area contributed by atoms with Crippen molar-refractivity contribution in [2.45, 2.75) is 35.8 Å². The van der Waals surface area contributed by atoms with Crippen molar-refractivity contribution < 1.29 is 24.0 Å². The van der Waals surface area contributed by atoms with Crippen LogP contribution in [0.2, 0.25) is 0 Å². The lowest BCUT2D eigenvalue weighted by Gasteiger charge is -2.49. The molecule has 12 nitrogen and oxygen atoms in total. The molecule has 2 aromatic heterocycles. The van der Waals surface area contributed by atoms with Gasteiger partial charge in [-0.1, -0.05) is 157 Å². The van der Waals surface area contributed by atoms with Crippen molar-refractivity contribution in [3.63, 3.8) is 0 Å². The highest BCUT2D eigenvalue weighted by molar-refractivity contribution is 8.05. The summed E-state index contributed by atoms with van der Waals surface area (Å²) in [6.45, 7) is 1.83. The van der Waals surface area contributed by atoms with Gasteiger partial charge in [-0.25, -0.2) is 14.8 Å². The highest BCUT2D eigenvalue weighted by Gasteiger charge is 2.55. The Morgan fingerprint density at radius 2 is 1.39 bits per heavy atom. The van der Waals surface area contributed by atoms with Crippen LogP contribution in [0.25, 0.3) is 0 Å². The molecule has 0 aliphatic carbocycles. The Kier molecular flexibility index (Phi) is 12.7. The molecule has 64 heavy (non-hydrogen) atoms. The molecule has 2 aliphatic rings. The molecule has 0 saturated carbocycles. The molecule has 0 radical (unpaired) electrons. The number of nitrogens with two attached hydrogens (primary N) is 1. The van der Waals surface area contributed by atoms with Crippen molar-refractivity contribution in [3.05, 3.63) is 212 Å². The Hall–Kier alpha value is -6.59. The minimum Gasteiger partial charge on any atom is -0.448 e. The number of aryl methyl sites for hydroxylation is 1. The van der Waals surface area contributed by atoms with E-state index < -0.39 is 40.9 Å². The third-order valence-electron chi connectivity index (χ3n) is 10.6. The summed E-state index contributed by atoms with van der Waals surface area (Å²) in [7, 11) is 0. The van der Waals surface area contributed by atoms with E-state index in [1.54, 1.807) is 5.38 Å². The number of β-lactam (4-membered cyclic amide) rings is 1. The van der Waals surface area contributed by atoms with Gasteiger partial charge in [-0.05, 0) is 29.6 Å². The Bertz CT molecular complexity index is 2690. The van der Waals surface area contributed by atoms with Crippen LogP contribution < -0.4 is 11.1 Å². The third kappa shape index (κ3) is 8.69. The Balaban J connectivity index is 1.04. The molecule has 2 atom stereocenters. The lowest BCUT2D eigenvalue weighted by molar-refractivity contribution is -0.154. The predicted molar refractivity (Wildman–Crippen MR) is 252 cm³/mol. The van der Waals surface area contributed by atoms with Crippen molar-refractivity contribution in [2.75, 3.05) is 11.5 Å². The molecule has 0 spiro atoms. The quantitative estimate of drug-likeness (QED) is 0.0334. The van der Waals surface area contributed by atoms with Gasteiger partial charge in [-0.15, -0.1) is 34.9 Å². The zero-order chi connectivity index (χ0) is 44.0. The lowest BCUT2D eigenvalue weighted by Crippen LogP contribution is -2.71. The molecular weight excluding hydrogens is 883 g/mol. The second-order valence-electron chi connectivity index (χ2n) is 14.6. The Morgan fingerprint density at radius 3 is 1.89 bits per heavy atom. The van der Waals surface area contributed by atoms with Gasteiger partial charge in [-0.2, -0.15) is 4.37 Å². The van der Waals surface area contributed by atoms with Crippen LogP contribution in [0.5, 0.6) is 0 Å². The maximum Gasteiger partial charge on any atom is 0.356 e. The van der Waals surface area contributed by atoms with E-state index in [2.05, 4.69) is 24.8 Å². The third-order valence-corrected chi connectivity index (χ3v) is 14.8. The number of ether oxygens (including phenoxy) is 1. The minimum absolute atomic E-state index is 0.130. The first-order valence-corrected chi connectivity index (χ1v) is 23.8. The van der Waals surface area contributed by atoms with E-state index in [0.29, 0.717) is 22.2 Å². The number of nitrogens with one attached hydrogen (secondary N) is 1. The summed E-state index contributed by atoms with van der Waals surface area (Å²) in [5.41, 5.74) is 8.76. The summed E-state index contributed by atoms with van der Waals surface area (Å²) in [5, 5.41) is 9.52. The molecule has 1 fully saturated rings. The van der Waals surface area contributed by atoms with Gasteiger partial charge in [0.15, 0.2) is 16.9 Å². The van der Waals surface area contributed by atoms with E-state index in [1.165, 1.54) is 40.0 Å². The number of rotatable bonds is 15. The van der Waals surface area contributed by atoms with Gasteiger partial charge in [-0.3, -0.25) is 14.5 Å². The summed E-state index contributed by atoms with van der Waals surface area (Å²) in [6, 6.07) is 46.8. The molecule has 4 heterocycles. The average Bonchev–Trinajstić information content (AvgIpc) is 3.98. The van der Waals surface area contributed by atoms with Gasteiger partial charge < -0.3 is 20.6 Å². The summed E-state index contributed by atoms with van der Waals surface area (Å²) >= 11 is 5.28. The number of hydrogen-bond acceptors (Lipinski definition) is 14. The fraction of sp³-hybridized carbons (Fsp3) is 0.146. The number of amides is 2. The van der Waals surface area contributed by atoms with Gasteiger partial charge >= 0.3 is 5.97 Å². The molecular formula is C48H39N7O5S4. The maximum absolute atomic E-state index is 14.6. The van der Waals surface area contributed by atoms with Crippen LogP contribution in [0.15, 0.2) is 173 Å². The summed E-state index contributed by atoms with van der Waals surface area (Å²) in [4.78, 5) is 61.4. The fourth-order valence-electron chi connectivity index (χ4n) is 7.59. The first-order valence-electron chi connectivity index (χ1n) is 20.2. The molecule has 1 saturated heterocycles. The number of fused-ring (bicyclic) bond motifs is 1. The van der Waals surface area contributed by atoms with Gasteiger partial charge in [0.05, 0.1) is 5.75 Å². The highest BCUT2D eigenvalue weighted by atomic mass is 32.2. The number of oxime groups is 1. The number of thioether (sulfide) groups is 2. The van der Waals surface area contributed by atoms with Crippen LogP contribution in [0.1, 0.15) is 50.4 Å². The second kappa shape index (κ2) is 19.0. The number of thiazole rings is 1. The van der Waals surface area contributed by atoms with Crippen LogP contribution in [0, 0.1) is 6.92 Å². The SMILES string of the molecule is Cc1nsc(CSC2=C(C(=O)OC(c3ccccc3)c3ccccc3)N3C(=O)[C@@H](NC(=O)/C(=N\OC(c4ccccc4)(c4ccccc4)c4ccccc4)c4csc(N)n4)[C@@H]3SC2)n1. The van der Waals surface area contributed by atoms with Crippen LogP contribution in [-0.2, 0) is 35.3 Å². The predicted octanol–water partition coefficient (Wildman–Crippen LogP) is 8.48. The number of nitrogen functional groups attached to an aromatic ring is 1. The van der Waals surface area contributed by atoms with E-state index in [-0.39, 0.29) is 22.2 Å². The molecule has 3 N–H and O–H groups in total. The topological polar surface area (TPSA) is 162 Å². The van der Waals surface area contributed by atoms with Crippen LogP contribution in [0.3, 0.4) is 0 Å². The van der Waals surface area contributed by atoms with Crippen molar-refractivity contribution in [1.82, 2.24) is 24.6 Å². The molecule has 320 valence electrons. The molecule has 7 aromatic rings. The molecule has 2 amide bonds. The summed E-state index contributed by atoms with van der Waals surface area (Å²) < 4.78 is 10.7. The summed E-state index contributed by atoms with van der Waals surface area (Å²) in [5.74, 6) is -0.376. The first-order chi connectivity index (χ1) is 31.3. The van der Waals surface area contributed by atoms with Gasteiger partial charge in [0, 0.05) is 32.7 Å². The lowest BCUT2D eigenvalue weighted by atomic mass is 9.80. The van der Waals surface area contributed by atoms with Crippen molar-refractivity contribution in [3.8, 4) is 0 Å². The Labute approximate surface area is 385 Å². The number of nitrogens with zero attached hydrogens (tertiary/aromatic N) is 5. The van der Waals surface area contributed by atoms with E-state index >= 15 is 0 Å². The largest absolute Gasteiger partial charge is 0.448 e. The standard InChI is InChI=1S/C48H39N7O5S4/c1-30-50-38(64-54-30)29-61-37-28-62-45-40(44(57)55(45)41(37)46(58)59-42(31-17-7-2-8-18-31)32-19-9-3-10-20-32)52-43(56)39(36-27-63-47(49)51-36)53-60-48(33-21-11-4-12-22-33,34-23-13-5-14-24-34)35-25-15-6-16-26-35/h2-27,40,42,45H,28-29H2,1H3,(H2,49,51)(H,52,56)/b53-39-/t40-,45+/m1/s1. The molecule has 2 aliphatic heterocycles. The molecule has 0 unspecified atom stereocenters. The highest BCUT2D eigenvalue weighted by Crippen LogP contribution is 2.46. The second-order valence-corrected chi connectivity index (χ2v) is 18.5. The van der Waals surface area contributed by atoms with Crippen molar-refractivity contribution >= 4 is 75.0 Å². The minimum atomic E-state index is -1.31. The monoisotopic (exact) mass is 921 g/mol. The molecule has 9 rings (SSSR count).